The van der Waals surface area contributed by atoms with Crippen LogP contribution in [-0.4, -0.2) is 55.6 Å². The Balaban J connectivity index is 1.74. The molecule has 0 saturated carbocycles. The summed E-state index contributed by atoms with van der Waals surface area (Å²) in [5, 5.41) is 0.163. The summed E-state index contributed by atoms with van der Waals surface area (Å²) in [4.78, 5) is 17.3. The normalized spacial score (nSPS) is 16.8. The molecule has 0 N–H and O–H groups in total. The topological polar surface area (TPSA) is 57.7 Å². The molecule has 1 saturated heterocycles. The molecule has 1 atom stereocenters. The zero-order chi connectivity index (χ0) is 21.2. The van der Waals surface area contributed by atoms with Crippen molar-refractivity contribution in [1.29, 1.82) is 0 Å². The molecule has 0 aliphatic carbocycles. The van der Waals surface area contributed by atoms with Gasteiger partial charge in [-0.05, 0) is 44.5 Å². The zero-order valence-corrected chi connectivity index (χ0v) is 18.6. The number of hydrogen-bond acceptors (Lipinski definition) is 4. The molecule has 5 nitrogen and oxygen atoms in total. The SMILES string of the molecule is CC(c1ccccc1Cl)N1CCN(C(=O)c2ccccc2S(=O)(=O)C(C)C)CC1. The van der Waals surface area contributed by atoms with Crippen molar-refractivity contribution in [2.75, 3.05) is 26.2 Å². The molecule has 1 fully saturated rings. The van der Waals surface area contributed by atoms with Gasteiger partial charge in [0.2, 0.25) is 0 Å². The highest BCUT2D eigenvalue weighted by atomic mass is 35.5. The van der Waals surface area contributed by atoms with Crippen LogP contribution in [0.2, 0.25) is 5.02 Å². The standard InChI is InChI=1S/C22H27ClN2O3S/c1-16(2)29(27,28)21-11-7-5-9-19(21)22(26)25-14-12-24(13-15-25)17(3)18-8-4-6-10-20(18)23/h4-11,16-17H,12-15H2,1-3H3. The van der Waals surface area contributed by atoms with E-state index in [1.807, 2.05) is 24.3 Å². The Labute approximate surface area is 178 Å². The average molecular weight is 435 g/mol. The molecule has 2 aromatic rings. The van der Waals surface area contributed by atoms with Crippen molar-refractivity contribution in [1.82, 2.24) is 9.80 Å². The van der Waals surface area contributed by atoms with E-state index in [1.165, 1.54) is 6.07 Å². The summed E-state index contributed by atoms with van der Waals surface area (Å²) < 4.78 is 25.4. The summed E-state index contributed by atoms with van der Waals surface area (Å²) in [7, 11) is -3.53. The Morgan fingerprint density at radius 3 is 2.14 bits per heavy atom. The highest BCUT2D eigenvalue weighted by Gasteiger charge is 2.30. The first-order chi connectivity index (χ1) is 13.7. The van der Waals surface area contributed by atoms with Crippen LogP contribution in [0.5, 0.6) is 0 Å². The Morgan fingerprint density at radius 1 is 0.931 bits per heavy atom. The third-order valence-corrected chi connectivity index (χ3v) is 8.10. The molecular weight excluding hydrogens is 408 g/mol. The second-order valence-corrected chi connectivity index (χ2v) is 10.5. The molecule has 7 heteroatoms. The smallest absolute Gasteiger partial charge is 0.255 e. The lowest BCUT2D eigenvalue weighted by Gasteiger charge is -2.38. The van der Waals surface area contributed by atoms with Crippen LogP contribution < -0.4 is 0 Å². The maximum atomic E-state index is 13.1. The molecule has 1 aliphatic rings. The van der Waals surface area contributed by atoms with E-state index in [0.717, 1.165) is 10.6 Å². The molecule has 1 aliphatic heterocycles. The molecule has 2 aromatic carbocycles. The largest absolute Gasteiger partial charge is 0.336 e. The number of hydrogen-bond donors (Lipinski definition) is 0. The number of piperazine rings is 1. The van der Waals surface area contributed by atoms with E-state index in [1.54, 1.807) is 36.9 Å². The van der Waals surface area contributed by atoms with Crippen LogP contribution in [0.3, 0.4) is 0 Å². The number of benzene rings is 2. The van der Waals surface area contributed by atoms with Gasteiger partial charge in [-0.1, -0.05) is 41.9 Å². The van der Waals surface area contributed by atoms with Crippen molar-refractivity contribution in [3.63, 3.8) is 0 Å². The number of carbonyl (C=O) groups excluding carboxylic acids is 1. The van der Waals surface area contributed by atoms with E-state index in [9.17, 15) is 13.2 Å². The van der Waals surface area contributed by atoms with E-state index >= 15 is 0 Å². The molecule has 1 heterocycles. The minimum atomic E-state index is -3.53. The Hall–Kier alpha value is -1.89. The maximum Gasteiger partial charge on any atom is 0.255 e. The fourth-order valence-electron chi connectivity index (χ4n) is 3.64. The van der Waals surface area contributed by atoms with Gasteiger partial charge in [-0.15, -0.1) is 0 Å². The van der Waals surface area contributed by atoms with Crippen molar-refractivity contribution < 1.29 is 13.2 Å². The second kappa shape index (κ2) is 8.86. The molecule has 0 radical (unpaired) electrons. The van der Waals surface area contributed by atoms with Crippen LogP contribution in [0.1, 0.15) is 42.7 Å². The second-order valence-electron chi connectivity index (χ2n) is 7.62. The van der Waals surface area contributed by atoms with Gasteiger partial charge in [0.1, 0.15) is 0 Å². The summed E-state index contributed by atoms with van der Waals surface area (Å²) >= 11 is 6.34. The fourth-order valence-corrected chi connectivity index (χ4v) is 5.17. The minimum Gasteiger partial charge on any atom is -0.336 e. The molecule has 156 valence electrons. The van der Waals surface area contributed by atoms with Crippen molar-refractivity contribution in [2.45, 2.75) is 37.0 Å². The molecule has 0 aromatic heterocycles. The number of amides is 1. The molecular formula is C22H27ClN2O3S. The van der Waals surface area contributed by atoms with Gasteiger partial charge in [0.05, 0.1) is 15.7 Å². The summed E-state index contributed by atoms with van der Waals surface area (Å²) in [6.07, 6.45) is 0. The first-order valence-corrected chi connectivity index (χ1v) is 11.8. The van der Waals surface area contributed by atoms with Gasteiger partial charge in [0, 0.05) is 37.2 Å². The van der Waals surface area contributed by atoms with Gasteiger partial charge >= 0.3 is 0 Å². The number of nitrogens with zero attached hydrogens (tertiary/aromatic N) is 2. The van der Waals surface area contributed by atoms with Gasteiger partial charge in [0.15, 0.2) is 9.84 Å². The van der Waals surface area contributed by atoms with Crippen LogP contribution in [0.4, 0.5) is 0 Å². The highest BCUT2D eigenvalue weighted by Crippen LogP contribution is 2.28. The molecule has 1 unspecified atom stereocenters. The third-order valence-electron chi connectivity index (χ3n) is 5.55. The number of sulfone groups is 1. The molecule has 1 amide bonds. The highest BCUT2D eigenvalue weighted by molar-refractivity contribution is 7.92. The van der Waals surface area contributed by atoms with Gasteiger partial charge in [-0.25, -0.2) is 8.42 Å². The fraction of sp³-hybridized carbons (Fsp3) is 0.409. The predicted molar refractivity (Wildman–Crippen MR) is 116 cm³/mol. The first kappa shape index (κ1) is 21.8. The summed E-state index contributed by atoms with van der Waals surface area (Å²) in [5.41, 5.74) is 1.33. The van der Waals surface area contributed by atoms with Crippen molar-refractivity contribution in [3.05, 3.63) is 64.7 Å². The monoisotopic (exact) mass is 434 g/mol. The summed E-state index contributed by atoms with van der Waals surface area (Å²) in [5.74, 6) is -0.227. The van der Waals surface area contributed by atoms with E-state index in [0.29, 0.717) is 26.2 Å². The lowest BCUT2D eigenvalue weighted by molar-refractivity contribution is 0.0578. The van der Waals surface area contributed by atoms with Crippen molar-refractivity contribution in [2.24, 2.45) is 0 Å². The lowest BCUT2D eigenvalue weighted by Crippen LogP contribution is -2.49. The van der Waals surface area contributed by atoms with Crippen LogP contribution in [-0.2, 0) is 9.84 Å². The van der Waals surface area contributed by atoms with Crippen molar-refractivity contribution in [3.8, 4) is 0 Å². The van der Waals surface area contributed by atoms with Gasteiger partial charge in [0.25, 0.3) is 5.91 Å². The van der Waals surface area contributed by atoms with Crippen LogP contribution in [0, 0.1) is 0 Å². The number of carbonyl (C=O) groups is 1. The van der Waals surface area contributed by atoms with Crippen LogP contribution in [0.25, 0.3) is 0 Å². The Morgan fingerprint density at radius 2 is 1.52 bits per heavy atom. The maximum absolute atomic E-state index is 13.1. The van der Waals surface area contributed by atoms with Crippen molar-refractivity contribution >= 4 is 27.3 Å². The lowest BCUT2D eigenvalue weighted by atomic mass is 10.1. The quantitative estimate of drug-likeness (QED) is 0.712. The Bertz CT molecular complexity index is 983. The van der Waals surface area contributed by atoms with Gasteiger partial charge in [-0.3, -0.25) is 9.69 Å². The van der Waals surface area contributed by atoms with E-state index in [2.05, 4.69) is 11.8 Å². The number of rotatable bonds is 5. The average Bonchev–Trinajstić information content (AvgIpc) is 2.73. The van der Waals surface area contributed by atoms with E-state index in [4.69, 9.17) is 11.6 Å². The predicted octanol–water partition coefficient (Wildman–Crippen LogP) is 4.04. The Kier molecular flexibility index (Phi) is 6.66. The zero-order valence-electron chi connectivity index (χ0n) is 17.0. The first-order valence-electron chi connectivity index (χ1n) is 9.84. The summed E-state index contributed by atoms with van der Waals surface area (Å²) in [6.45, 7) is 7.88. The molecule has 0 spiro atoms. The third kappa shape index (κ3) is 4.49. The van der Waals surface area contributed by atoms with Crippen LogP contribution >= 0.6 is 11.6 Å². The molecule has 29 heavy (non-hydrogen) atoms. The van der Waals surface area contributed by atoms with Gasteiger partial charge < -0.3 is 4.90 Å². The van der Waals surface area contributed by atoms with E-state index < -0.39 is 15.1 Å². The molecule has 0 bridgehead atoms. The molecule has 3 rings (SSSR count). The van der Waals surface area contributed by atoms with E-state index in [-0.39, 0.29) is 22.4 Å². The van der Waals surface area contributed by atoms with Gasteiger partial charge in [-0.2, -0.15) is 0 Å². The van der Waals surface area contributed by atoms with Crippen LogP contribution in [0.15, 0.2) is 53.4 Å². The minimum absolute atomic E-state index is 0.117. The summed E-state index contributed by atoms with van der Waals surface area (Å²) in [6, 6.07) is 14.5. The number of halogens is 1.